The van der Waals surface area contributed by atoms with Gasteiger partial charge in [0.1, 0.15) is 0 Å². The quantitative estimate of drug-likeness (QED) is 0.695. The van der Waals surface area contributed by atoms with E-state index in [-0.39, 0.29) is 16.8 Å². The van der Waals surface area contributed by atoms with Crippen molar-refractivity contribution in [2.75, 3.05) is 0 Å². The number of aromatic nitrogens is 1. The van der Waals surface area contributed by atoms with E-state index in [1.807, 2.05) is 13.8 Å². The topological polar surface area (TPSA) is 15.8 Å². The number of hydrogen-bond acceptors (Lipinski definition) is 0. The largest absolute Gasteiger partial charge is 0.358 e. The van der Waals surface area contributed by atoms with E-state index in [1.165, 1.54) is 6.07 Å². The minimum Gasteiger partial charge on any atom is -0.358 e. The Morgan fingerprint density at radius 3 is 2.33 bits per heavy atom. The molecule has 1 aromatic heterocycles. The van der Waals surface area contributed by atoms with Crippen LogP contribution in [-0.2, 0) is 0 Å². The Hall–Kier alpha value is -1.45. The summed E-state index contributed by atoms with van der Waals surface area (Å²) < 4.78 is 39.1. The van der Waals surface area contributed by atoms with Gasteiger partial charge in [0, 0.05) is 17.1 Å². The van der Waals surface area contributed by atoms with Gasteiger partial charge < -0.3 is 4.98 Å². The van der Waals surface area contributed by atoms with Crippen molar-refractivity contribution in [2.45, 2.75) is 19.8 Å². The van der Waals surface area contributed by atoms with Crippen molar-refractivity contribution in [1.29, 1.82) is 0 Å². The van der Waals surface area contributed by atoms with Crippen LogP contribution < -0.4 is 0 Å². The summed E-state index contributed by atoms with van der Waals surface area (Å²) in [5, 5.41) is 0.0950. The van der Waals surface area contributed by atoms with E-state index < -0.39 is 17.5 Å². The summed E-state index contributed by atoms with van der Waals surface area (Å²) in [6.07, 6.45) is 0. The van der Waals surface area contributed by atoms with Crippen LogP contribution in [-0.4, -0.2) is 4.98 Å². The molecule has 0 aliphatic carbocycles. The normalized spacial score (nSPS) is 11.6. The molecule has 0 unspecified atom stereocenters. The third kappa shape index (κ3) is 1.50. The molecule has 2 rings (SSSR count). The van der Waals surface area contributed by atoms with Gasteiger partial charge in [-0.1, -0.05) is 13.8 Å². The summed E-state index contributed by atoms with van der Waals surface area (Å²) in [5.41, 5.74) is 1.05. The van der Waals surface area contributed by atoms with E-state index in [0.29, 0.717) is 0 Å². The molecule has 0 aliphatic heterocycles. The number of H-pyrrole nitrogens is 1. The van der Waals surface area contributed by atoms with Gasteiger partial charge in [-0.25, -0.2) is 13.2 Å². The Morgan fingerprint density at radius 2 is 1.73 bits per heavy atom. The fraction of sp³-hybridized carbons (Fsp3) is 0.273. The predicted molar refractivity (Wildman–Crippen MR) is 52.3 cm³/mol. The van der Waals surface area contributed by atoms with Crippen LogP contribution in [0, 0.1) is 17.5 Å². The Bertz CT molecular complexity index is 514. The second-order valence-electron chi connectivity index (χ2n) is 3.83. The number of rotatable bonds is 1. The summed E-state index contributed by atoms with van der Waals surface area (Å²) in [6.45, 7) is 3.82. The SMILES string of the molecule is CC(C)c1cc2c(F)c(F)c(F)cc2[nH]1. The van der Waals surface area contributed by atoms with Gasteiger partial charge in [0.05, 0.1) is 5.52 Å². The number of aromatic amines is 1. The molecule has 0 aliphatic rings. The van der Waals surface area contributed by atoms with Crippen LogP contribution in [0.25, 0.3) is 10.9 Å². The molecule has 0 amide bonds. The Balaban J connectivity index is 2.76. The molecule has 0 fully saturated rings. The standard InChI is InChI=1S/C11H10F3N/c1-5(2)8-3-6-9(15-8)4-7(12)11(14)10(6)13/h3-5,15H,1-2H3. The minimum atomic E-state index is -1.42. The van der Waals surface area contributed by atoms with Crippen LogP contribution >= 0.6 is 0 Å². The highest BCUT2D eigenvalue weighted by Crippen LogP contribution is 2.26. The molecular weight excluding hydrogens is 203 g/mol. The van der Waals surface area contributed by atoms with Crippen molar-refractivity contribution < 1.29 is 13.2 Å². The number of benzene rings is 1. The lowest BCUT2D eigenvalue weighted by Gasteiger charge is -1.97. The first-order chi connectivity index (χ1) is 7.00. The predicted octanol–water partition coefficient (Wildman–Crippen LogP) is 3.71. The molecule has 0 bridgehead atoms. The smallest absolute Gasteiger partial charge is 0.195 e. The van der Waals surface area contributed by atoms with Gasteiger partial charge in [-0.2, -0.15) is 0 Å². The molecule has 0 saturated carbocycles. The summed E-state index contributed by atoms with van der Waals surface area (Å²) in [4.78, 5) is 2.86. The van der Waals surface area contributed by atoms with Gasteiger partial charge in [0.2, 0.25) is 0 Å². The lowest BCUT2D eigenvalue weighted by Crippen LogP contribution is -1.90. The first-order valence-corrected chi connectivity index (χ1v) is 4.67. The summed E-state index contributed by atoms with van der Waals surface area (Å²) in [5.74, 6) is -3.56. The van der Waals surface area contributed by atoms with Crippen LogP contribution in [0.5, 0.6) is 0 Å². The van der Waals surface area contributed by atoms with Gasteiger partial charge in [0.25, 0.3) is 0 Å². The average molecular weight is 213 g/mol. The van der Waals surface area contributed by atoms with Crippen molar-refractivity contribution >= 4 is 10.9 Å². The highest BCUT2D eigenvalue weighted by Gasteiger charge is 2.16. The van der Waals surface area contributed by atoms with Crippen molar-refractivity contribution in [2.24, 2.45) is 0 Å². The molecule has 4 heteroatoms. The lowest BCUT2D eigenvalue weighted by atomic mass is 10.1. The second-order valence-corrected chi connectivity index (χ2v) is 3.83. The average Bonchev–Trinajstić information content (AvgIpc) is 2.58. The second kappa shape index (κ2) is 3.29. The zero-order chi connectivity index (χ0) is 11.2. The highest BCUT2D eigenvalue weighted by atomic mass is 19.2. The van der Waals surface area contributed by atoms with Gasteiger partial charge >= 0.3 is 0 Å². The Kier molecular flexibility index (Phi) is 2.21. The Morgan fingerprint density at radius 1 is 1.07 bits per heavy atom. The third-order valence-corrected chi connectivity index (χ3v) is 2.40. The lowest BCUT2D eigenvalue weighted by molar-refractivity contribution is 0.453. The highest BCUT2D eigenvalue weighted by molar-refractivity contribution is 5.81. The Labute approximate surface area is 84.9 Å². The maximum Gasteiger partial charge on any atom is 0.195 e. The maximum atomic E-state index is 13.3. The maximum absolute atomic E-state index is 13.3. The number of halogens is 3. The van der Waals surface area contributed by atoms with E-state index in [1.54, 1.807) is 0 Å². The van der Waals surface area contributed by atoms with E-state index in [9.17, 15) is 13.2 Å². The zero-order valence-corrected chi connectivity index (χ0v) is 8.37. The van der Waals surface area contributed by atoms with Crippen molar-refractivity contribution in [1.82, 2.24) is 4.98 Å². The molecule has 1 nitrogen and oxygen atoms in total. The molecule has 15 heavy (non-hydrogen) atoms. The molecule has 0 radical (unpaired) electrons. The van der Waals surface area contributed by atoms with E-state index in [2.05, 4.69) is 4.98 Å². The summed E-state index contributed by atoms with van der Waals surface area (Å²) >= 11 is 0. The van der Waals surface area contributed by atoms with Crippen LogP contribution in [0.15, 0.2) is 12.1 Å². The van der Waals surface area contributed by atoms with Gasteiger partial charge in [0.15, 0.2) is 17.5 Å². The van der Waals surface area contributed by atoms with Crippen LogP contribution in [0.2, 0.25) is 0 Å². The fourth-order valence-corrected chi connectivity index (χ4v) is 1.51. The molecule has 0 saturated heterocycles. The molecule has 80 valence electrons. The summed E-state index contributed by atoms with van der Waals surface area (Å²) in [7, 11) is 0. The molecular formula is C11H10F3N. The molecule has 2 aromatic rings. The molecule has 0 atom stereocenters. The number of nitrogens with one attached hydrogen (secondary N) is 1. The van der Waals surface area contributed by atoms with Crippen molar-refractivity contribution in [3.8, 4) is 0 Å². The number of hydrogen-bond donors (Lipinski definition) is 1. The number of fused-ring (bicyclic) bond motifs is 1. The van der Waals surface area contributed by atoms with E-state index >= 15 is 0 Å². The van der Waals surface area contributed by atoms with Crippen molar-refractivity contribution in [3.05, 3.63) is 35.3 Å². The van der Waals surface area contributed by atoms with E-state index in [4.69, 9.17) is 0 Å². The minimum absolute atomic E-state index is 0.0950. The molecule has 1 heterocycles. The third-order valence-electron chi connectivity index (χ3n) is 2.40. The fourth-order valence-electron chi connectivity index (χ4n) is 1.51. The first-order valence-electron chi connectivity index (χ1n) is 4.67. The van der Waals surface area contributed by atoms with Gasteiger partial charge in [-0.15, -0.1) is 0 Å². The van der Waals surface area contributed by atoms with E-state index in [0.717, 1.165) is 11.8 Å². The molecule has 1 aromatic carbocycles. The monoisotopic (exact) mass is 213 g/mol. The zero-order valence-electron chi connectivity index (χ0n) is 8.37. The van der Waals surface area contributed by atoms with Crippen LogP contribution in [0.4, 0.5) is 13.2 Å². The van der Waals surface area contributed by atoms with Gasteiger partial charge in [-0.05, 0) is 12.0 Å². The van der Waals surface area contributed by atoms with Gasteiger partial charge in [-0.3, -0.25) is 0 Å². The van der Waals surface area contributed by atoms with Crippen LogP contribution in [0.3, 0.4) is 0 Å². The summed E-state index contributed by atoms with van der Waals surface area (Å²) in [6, 6.07) is 2.48. The van der Waals surface area contributed by atoms with Crippen LogP contribution in [0.1, 0.15) is 25.5 Å². The van der Waals surface area contributed by atoms with Crippen molar-refractivity contribution in [3.63, 3.8) is 0 Å². The molecule has 0 spiro atoms. The molecule has 1 N–H and O–H groups in total. The first kappa shape index (κ1) is 10.1.